The lowest BCUT2D eigenvalue weighted by atomic mass is 10.0. The largest absolute Gasteiger partial charge is 0.494 e. The van der Waals surface area contributed by atoms with Crippen LogP contribution in [0.1, 0.15) is 31.4 Å². The van der Waals surface area contributed by atoms with Gasteiger partial charge in [-0.1, -0.05) is 38.1 Å². The molecule has 2 amide bonds. The molecule has 0 aromatic heterocycles. The minimum atomic E-state index is -0.387. The highest BCUT2D eigenvalue weighted by Crippen LogP contribution is 2.35. The number of carbonyl (C=O) groups excluding carboxylic acids is 2. The molecule has 6 nitrogen and oxygen atoms in total. The zero-order valence-electron chi connectivity index (χ0n) is 17.7. The van der Waals surface area contributed by atoms with Crippen molar-refractivity contribution in [3.63, 3.8) is 0 Å². The summed E-state index contributed by atoms with van der Waals surface area (Å²) in [7, 11) is 1.71. The number of aliphatic hydroxyl groups is 1. The van der Waals surface area contributed by atoms with Crippen LogP contribution in [-0.4, -0.2) is 48.6 Å². The van der Waals surface area contributed by atoms with E-state index < -0.39 is 0 Å². The van der Waals surface area contributed by atoms with Crippen molar-refractivity contribution in [2.75, 3.05) is 31.7 Å². The number of aryl methyl sites for hydroxylation is 1. The fourth-order valence-corrected chi connectivity index (χ4v) is 3.45. The fourth-order valence-electron chi connectivity index (χ4n) is 3.45. The number of aliphatic hydroxyl groups excluding tert-OH is 1. The molecule has 2 aromatic carbocycles. The molecule has 0 spiro atoms. The predicted molar refractivity (Wildman–Crippen MR) is 117 cm³/mol. The maximum Gasteiger partial charge on any atom is 0.282 e. The number of rotatable bonds is 9. The van der Waals surface area contributed by atoms with Crippen LogP contribution >= 0.6 is 0 Å². The van der Waals surface area contributed by atoms with Gasteiger partial charge in [0.15, 0.2) is 0 Å². The second-order valence-electron chi connectivity index (χ2n) is 7.21. The third-order valence-corrected chi connectivity index (χ3v) is 5.10. The van der Waals surface area contributed by atoms with Crippen molar-refractivity contribution in [3.8, 4) is 5.75 Å². The maximum absolute atomic E-state index is 13.4. The Morgan fingerprint density at radius 1 is 0.967 bits per heavy atom. The Hall–Kier alpha value is -3.12. The Morgan fingerprint density at radius 2 is 1.63 bits per heavy atom. The number of likely N-dealkylation sites (N-methyl/N-ethyl adjacent to an activating group) is 1. The molecular formula is C24H28N2O4. The van der Waals surface area contributed by atoms with Gasteiger partial charge >= 0.3 is 0 Å². The van der Waals surface area contributed by atoms with E-state index in [1.54, 1.807) is 48.3 Å². The van der Waals surface area contributed by atoms with E-state index in [0.29, 0.717) is 23.4 Å². The molecule has 0 aliphatic carbocycles. The van der Waals surface area contributed by atoms with Gasteiger partial charge in [-0.3, -0.25) is 9.59 Å². The SMILES string of the molecule is CCCOc1ccc(C2=C(N(C)CCO)C(=O)N(c3ccc(CC)cc3)C2=O)cc1. The van der Waals surface area contributed by atoms with E-state index in [0.717, 1.165) is 24.2 Å². The van der Waals surface area contributed by atoms with E-state index >= 15 is 0 Å². The highest BCUT2D eigenvalue weighted by molar-refractivity contribution is 6.45. The molecule has 1 aliphatic rings. The molecule has 0 fully saturated rings. The van der Waals surface area contributed by atoms with Crippen LogP contribution < -0.4 is 9.64 Å². The van der Waals surface area contributed by atoms with E-state index in [2.05, 4.69) is 6.92 Å². The van der Waals surface area contributed by atoms with Crippen molar-refractivity contribution in [2.45, 2.75) is 26.7 Å². The fraction of sp³-hybridized carbons (Fsp3) is 0.333. The van der Waals surface area contributed by atoms with Crippen LogP contribution in [0.4, 0.5) is 5.69 Å². The van der Waals surface area contributed by atoms with Crippen molar-refractivity contribution >= 4 is 23.1 Å². The van der Waals surface area contributed by atoms with Gasteiger partial charge in [-0.05, 0) is 48.2 Å². The van der Waals surface area contributed by atoms with Gasteiger partial charge < -0.3 is 14.7 Å². The van der Waals surface area contributed by atoms with E-state index in [9.17, 15) is 14.7 Å². The van der Waals surface area contributed by atoms with Gasteiger partial charge in [-0.15, -0.1) is 0 Å². The van der Waals surface area contributed by atoms with Gasteiger partial charge in [0, 0.05) is 13.6 Å². The highest BCUT2D eigenvalue weighted by Gasteiger charge is 2.41. The first-order valence-electron chi connectivity index (χ1n) is 10.3. The number of ether oxygens (including phenoxy) is 1. The minimum absolute atomic E-state index is 0.121. The number of imide groups is 1. The van der Waals surface area contributed by atoms with Crippen molar-refractivity contribution in [1.29, 1.82) is 0 Å². The minimum Gasteiger partial charge on any atom is -0.494 e. The van der Waals surface area contributed by atoms with Crippen molar-refractivity contribution in [2.24, 2.45) is 0 Å². The van der Waals surface area contributed by atoms with Gasteiger partial charge in [-0.2, -0.15) is 0 Å². The lowest BCUT2D eigenvalue weighted by Crippen LogP contribution is -2.34. The number of benzene rings is 2. The molecule has 0 atom stereocenters. The Morgan fingerprint density at radius 3 is 2.20 bits per heavy atom. The van der Waals surface area contributed by atoms with E-state index in [4.69, 9.17) is 4.74 Å². The Balaban J connectivity index is 2.01. The first-order valence-corrected chi connectivity index (χ1v) is 10.3. The average molecular weight is 408 g/mol. The molecular weight excluding hydrogens is 380 g/mol. The summed E-state index contributed by atoms with van der Waals surface area (Å²) in [5.74, 6) is -0.0389. The Kier molecular flexibility index (Phi) is 6.90. The number of anilines is 1. The highest BCUT2D eigenvalue weighted by atomic mass is 16.5. The zero-order valence-corrected chi connectivity index (χ0v) is 17.7. The van der Waals surface area contributed by atoms with Crippen molar-refractivity contribution in [3.05, 3.63) is 65.4 Å². The summed E-state index contributed by atoms with van der Waals surface area (Å²) >= 11 is 0. The summed E-state index contributed by atoms with van der Waals surface area (Å²) < 4.78 is 5.62. The van der Waals surface area contributed by atoms with Crippen LogP contribution in [0.15, 0.2) is 54.2 Å². The Labute approximate surface area is 177 Å². The van der Waals surface area contributed by atoms with Crippen LogP contribution in [0.3, 0.4) is 0 Å². The molecule has 3 rings (SSSR count). The summed E-state index contributed by atoms with van der Waals surface area (Å²) in [6.45, 7) is 4.83. The lowest BCUT2D eigenvalue weighted by molar-refractivity contribution is -0.120. The second kappa shape index (κ2) is 9.59. The van der Waals surface area contributed by atoms with Crippen LogP contribution in [0.5, 0.6) is 5.75 Å². The zero-order chi connectivity index (χ0) is 21.7. The molecule has 1 heterocycles. The summed E-state index contributed by atoms with van der Waals surface area (Å²) in [6.07, 6.45) is 1.78. The first-order chi connectivity index (χ1) is 14.5. The van der Waals surface area contributed by atoms with Gasteiger partial charge in [0.05, 0.1) is 24.5 Å². The van der Waals surface area contributed by atoms with E-state index in [1.807, 2.05) is 19.1 Å². The van der Waals surface area contributed by atoms with Crippen LogP contribution in [0.2, 0.25) is 0 Å². The molecule has 0 radical (unpaired) electrons. The van der Waals surface area contributed by atoms with Crippen LogP contribution in [0, 0.1) is 0 Å². The number of hydrogen-bond donors (Lipinski definition) is 1. The number of carbonyl (C=O) groups is 2. The van der Waals surface area contributed by atoms with Gasteiger partial charge in [0.1, 0.15) is 11.4 Å². The molecule has 2 aromatic rings. The standard InChI is InChI=1S/C24H28N2O4/c1-4-16-30-20-12-8-18(9-13-20)21-22(25(3)14-15-27)24(29)26(23(21)28)19-10-6-17(5-2)7-11-19/h6-13,27H,4-5,14-16H2,1-3H3. The molecule has 0 unspecified atom stereocenters. The van der Waals surface area contributed by atoms with Crippen LogP contribution in [0.25, 0.3) is 5.57 Å². The Bertz CT molecular complexity index is 933. The molecule has 30 heavy (non-hydrogen) atoms. The van der Waals surface area contributed by atoms with Crippen molar-refractivity contribution in [1.82, 2.24) is 4.90 Å². The number of hydrogen-bond acceptors (Lipinski definition) is 5. The summed E-state index contributed by atoms with van der Waals surface area (Å²) in [6, 6.07) is 14.6. The maximum atomic E-state index is 13.4. The third-order valence-electron chi connectivity index (χ3n) is 5.10. The topological polar surface area (TPSA) is 70.1 Å². The lowest BCUT2D eigenvalue weighted by Gasteiger charge is -2.20. The van der Waals surface area contributed by atoms with Crippen molar-refractivity contribution < 1.29 is 19.4 Å². The summed E-state index contributed by atoms with van der Waals surface area (Å²) in [5, 5.41) is 9.37. The molecule has 0 saturated carbocycles. The molecule has 1 aliphatic heterocycles. The molecule has 0 bridgehead atoms. The molecule has 158 valence electrons. The summed E-state index contributed by atoms with van der Waals surface area (Å²) in [4.78, 5) is 29.5. The number of nitrogens with zero attached hydrogens (tertiary/aromatic N) is 2. The quantitative estimate of drug-likeness (QED) is 0.645. The van der Waals surface area contributed by atoms with E-state index in [-0.39, 0.29) is 30.7 Å². The first kappa shape index (κ1) is 21.6. The van der Waals surface area contributed by atoms with Gasteiger partial charge in [-0.25, -0.2) is 4.90 Å². The van der Waals surface area contributed by atoms with Gasteiger partial charge in [0.2, 0.25) is 0 Å². The predicted octanol–water partition coefficient (Wildman–Crippen LogP) is 3.25. The normalized spacial score (nSPS) is 13.9. The molecule has 0 saturated heterocycles. The smallest absolute Gasteiger partial charge is 0.282 e. The third kappa shape index (κ3) is 4.24. The summed E-state index contributed by atoms with van der Waals surface area (Å²) in [5.41, 5.74) is 2.93. The van der Waals surface area contributed by atoms with Crippen LogP contribution in [-0.2, 0) is 16.0 Å². The van der Waals surface area contributed by atoms with E-state index in [1.165, 1.54) is 4.90 Å². The molecule has 1 N–H and O–H groups in total. The van der Waals surface area contributed by atoms with Gasteiger partial charge in [0.25, 0.3) is 11.8 Å². The number of amides is 2. The second-order valence-corrected chi connectivity index (χ2v) is 7.21. The monoisotopic (exact) mass is 408 g/mol. The molecule has 6 heteroatoms. The average Bonchev–Trinajstić information content (AvgIpc) is 3.03.